The molecule has 2 aromatic carbocycles. The van der Waals surface area contributed by atoms with Crippen LogP contribution in [0.1, 0.15) is 43.5 Å². The largest absolute Gasteiger partial charge is 0.491 e. The van der Waals surface area contributed by atoms with Crippen LogP contribution in [0.3, 0.4) is 0 Å². The zero-order chi connectivity index (χ0) is 21.8. The van der Waals surface area contributed by atoms with Gasteiger partial charge in [0.25, 0.3) is 0 Å². The van der Waals surface area contributed by atoms with Crippen LogP contribution in [0, 0.1) is 13.8 Å². The number of carbonyl (C=O) groups is 1. The van der Waals surface area contributed by atoms with Gasteiger partial charge < -0.3 is 10.1 Å². The molecule has 0 aliphatic rings. The molecule has 0 spiro atoms. The van der Waals surface area contributed by atoms with E-state index in [1.807, 2.05) is 52.8 Å². The highest BCUT2D eigenvalue weighted by Gasteiger charge is 2.22. The van der Waals surface area contributed by atoms with Crippen molar-refractivity contribution in [1.82, 2.24) is 5.32 Å². The number of sulfonamides is 1. The number of rotatable bonds is 8. The van der Waals surface area contributed by atoms with Crippen molar-refractivity contribution in [2.24, 2.45) is 0 Å². The molecule has 1 amide bonds. The predicted octanol–water partition coefficient (Wildman–Crippen LogP) is 3.73. The Kier molecular flexibility index (Phi) is 7.30. The molecule has 1 atom stereocenters. The van der Waals surface area contributed by atoms with Crippen LogP contribution in [0.15, 0.2) is 42.5 Å². The second-order valence-electron chi connectivity index (χ2n) is 7.56. The minimum atomic E-state index is -3.63. The molecule has 0 saturated carbocycles. The number of amides is 1. The Labute approximate surface area is 173 Å². The highest BCUT2D eigenvalue weighted by atomic mass is 32.2. The zero-order valence-corrected chi connectivity index (χ0v) is 18.7. The van der Waals surface area contributed by atoms with E-state index < -0.39 is 10.0 Å². The topological polar surface area (TPSA) is 75.7 Å². The van der Waals surface area contributed by atoms with Gasteiger partial charge >= 0.3 is 0 Å². The lowest BCUT2D eigenvalue weighted by Crippen LogP contribution is -2.41. The van der Waals surface area contributed by atoms with Gasteiger partial charge in [0.15, 0.2) is 0 Å². The molecular weight excluding hydrogens is 388 g/mol. The van der Waals surface area contributed by atoms with E-state index in [1.165, 1.54) is 5.56 Å². The minimum Gasteiger partial charge on any atom is -0.491 e. The second kappa shape index (κ2) is 9.31. The van der Waals surface area contributed by atoms with Gasteiger partial charge in [-0.2, -0.15) is 0 Å². The molecular formula is C22H30N2O4S. The first-order valence-electron chi connectivity index (χ1n) is 9.58. The molecule has 0 fully saturated rings. The van der Waals surface area contributed by atoms with E-state index in [9.17, 15) is 13.2 Å². The van der Waals surface area contributed by atoms with Gasteiger partial charge in [-0.15, -0.1) is 0 Å². The number of anilines is 1. The molecule has 0 aliphatic carbocycles. The average molecular weight is 419 g/mol. The molecule has 2 aromatic rings. The average Bonchev–Trinajstić information content (AvgIpc) is 2.61. The number of benzene rings is 2. The van der Waals surface area contributed by atoms with Gasteiger partial charge in [-0.1, -0.05) is 18.2 Å². The van der Waals surface area contributed by atoms with Crippen LogP contribution in [0.5, 0.6) is 5.75 Å². The lowest BCUT2D eigenvalue weighted by atomic mass is 10.0. The lowest BCUT2D eigenvalue weighted by Gasteiger charge is -2.24. The summed E-state index contributed by atoms with van der Waals surface area (Å²) in [6.45, 7) is 9.47. The summed E-state index contributed by atoms with van der Waals surface area (Å²) in [5.74, 6) is 0.272. The van der Waals surface area contributed by atoms with Crippen LogP contribution in [0.25, 0.3) is 0 Å². The summed E-state index contributed by atoms with van der Waals surface area (Å²) >= 11 is 0. The third kappa shape index (κ3) is 6.49. The monoisotopic (exact) mass is 418 g/mol. The van der Waals surface area contributed by atoms with Gasteiger partial charge in [0, 0.05) is 0 Å². The summed E-state index contributed by atoms with van der Waals surface area (Å²) in [5, 5.41) is 2.88. The normalized spacial score (nSPS) is 12.5. The highest BCUT2D eigenvalue weighted by molar-refractivity contribution is 7.92. The predicted molar refractivity (Wildman–Crippen MR) is 117 cm³/mol. The maximum absolute atomic E-state index is 12.6. The number of hydrogen-bond donors (Lipinski definition) is 1. The van der Waals surface area contributed by atoms with E-state index in [4.69, 9.17) is 4.74 Å². The van der Waals surface area contributed by atoms with Crippen LogP contribution in [0.4, 0.5) is 5.69 Å². The molecule has 0 aromatic heterocycles. The second-order valence-corrected chi connectivity index (χ2v) is 9.47. The van der Waals surface area contributed by atoms with Crippen molar-refractivity contribution in [2.75, 3.05) is 17.1 Å². The molecule has 0 heterocycles. The first kappa shape index (κ1) is 22.7. The Morgan fingerprint density at radius 3 is 2.17 bits per heavy atom. The maximum atomic E-state index is 12.6. The van der Waals surface area contributed by atoms with Crippen LogP contribution in [0.2, 0.25) is 0 Å². The Morgan fingerprint density at radius 1 is 1.03 bits per heavy atom. The molecule has 0 aliphatic heterocycles. The molecule has 0 radical (unpaired) electrons. The van der Waals surface area contributed by atoms with E-state index >= 15 is 0 Å². The third-order valence-electron chi connectivity index (χ3n) is 4.59. The number of carbonyl (C=O) groups excluding carboxylic acids is 1. The fraction of sp³-hybridized carbons (Fsp3) is 0.409. The summed E-state index contributed by atoms with van der Waals surface area (Å²) in [7, 11) is -3.63. The summed E-state index contributed by atoms with van der Waals surface area (Å²) in [4.78, 5) is 12.6. The van der Waals surface area contributed by atoms with Gasteiger partial charge in [0.05, 0.1) is 24.1 Å². The first-order chi connectivity index (χ1) is 13.5. The molecule has 7 heteroatoms. The van der Waals surface area contributed by atoms with E-state index in [0.717, 1.165) is 21.7 Å². The van der Waals surface area contributed by atoms with E-state index in [0.29, 0.717) is 11.4 Å². The Morgan fingerprint density at radius 2 is 1.66 bits per heavy atom. The molecule has 0 saturated heterocycles. The number of nitrogens with zero attached hydrogens (tertiary/aromatic N) is 1. The zero-order valence-electron chi connectivity index (χ0n) is 17.9. The van der Waals surface area contributed by atoms with Gasteiger partial charge in [0.2, 0.25) is 15.9 Å². The third-order valence-corrected chi connectivity index (χ3v) is 5.73. The minimum absolute atomic E-state index is 0.0181. The summed E-state index contributed by atoms with van der Waals surface area (Å²) in [6, 6.07) is 12.4. The summed E-state index contributed by atoms with van der Waals surface area (Å²) in [6.07, 6.45) is 1.11. The van der Waals surface area contributed by atoms with E-state index in [2.05, 4.69) is 5.32 Å². The number of nitrogens with one attached hydrogen (secondary N) is 1. The van der Waals surface area contributed by atoms with Gasteiger partial charge in [-0.3, -0.25) is 9.10 Å². The van der Waals surface area contributed by atoms with E-state index in [1.54, 1.807) is 24.3 Å². The molecule has 0 bridgehead atoms. The van der Waals surface area contributed by atoms with Crippen molar-refractivity contribution in [3.05, 3.63) is 59.2 Å². The van der Waals surface area contributed by atoms with Crippen LogP contribution in [-0.2, 0) is 14.8 Å². The number of aryl methyl sites for hydroxylation is 2. The Balaban J connectivity index is 2.13. The van der Waals surface area contributed by atoms with Crippen LogP contribution in [-0.4, -0.2) is 33.2 Å². The summed E-state index contributed by atoms with van der Waals surface area (Å²) in [5.41, 5.74) is 3.71. The van der Waals surface area contributed by atoms with Gasteiger partial charge in [-0.25, -0.2) is 8.42 Å². The lowest BCUT2D eigenvalue weighted by molar-refractivity contribution is -0.120. The molecule has 6 nitrogen and oxygen atoms in total. The Hall–Kier alpha value is -2.54. The number of hydrogen-bond acceptors (Lipinski definition) is 4. The molecule has 2 rings (SSSR count). The van der Waals surface area contributed by atoms with Crippen LogP contribution >= 0.6 is 0 Å². The first-order valence-corrected chi connectivity index (χ1v) is 11.4. The molecule has 158 valence electrons. The van der Waals surface area contributed by atoms with Crippen molar-refractivity contribution in [2.45, 2.75) is 46.8 Å². The molecule has 29 heavy (non-hydrogen) atoms. The number of ether oxygens (including phenoxy) is 1. The fourth-order valence-corrected chi connectivity index (χ4v) is 3.75. The fourth-order valence-electron chi connectivity index (χ4n) is 2.90. The van der Waals surface area contributed by atoms with Gasteiger partial charge in [-0.05, 0) is 75.6 Å². The quantitative estimate of drug-likeness (QED) is 0.709. The standard InChI is InChI=1S/C22H30N2O4S/c1-15(2)28-21-11-9-20(10-12-21)24(29(6,26)27)14-22(25)23-18(5)19-8-7-16(3)17(4)13-19/h7-13,15,18H,14H2,1-6H3,(H,23,25)/t18-/m1/s1. The maximum Gasteiger partial charge on any atom is 0.241 e. The summed E-state index contributed by atoms with van der Waals surface area (Å²) < 4.78 is 31.2. The smallest absolute Gasteiger partial charge is 0.241 e. The molecule has 1 N–H and O–H groups in total. The van der Waals surface area contributed by atoms with Crippen molar-refractivity contribution in [3.8, 4) is 5.75 Å². The Bertz CT molecular complexity index is 953. The van der Waals surface area contributed by atoms with Crippen LogP contribution < -0.4 is 14.4 Å². The van der Waals surface area contributed by atoms with Crippen molar-refractivity contribution >= 4 is 21.6 Å². The van der Waals surface area contributed by atoms with Crippen molar-refractivity contribution in [3.63, 3.8) is 0 Å². The van der Waals surface area contributed by atoms with Crippen molar-refractivity contribution in [1.29, 1.82) is 0 Å². The highest BCUT2D eigenvalue weighted by Crippen LogP contribution is 2.22. The SMILES string of the molecule is Cc1ccc([C@@H](C)NC(=O)CN(c2ccc(OC(C)C)cc2)S(C)(=O)=O)cc1C. The van der Waals surface area contributed by atoms with Gasteiger partial charge in [0.1, 0.15) is 12.3 Å². The molecule has 0 unspecified atom stereocenters. The van der Waals surface area contributed by atoms with Crippen molar-refractivity contribution < 1.29 is 17.9 Å². The van der Waals surface area contributed by atoms with E-state index in [-0.39, 0.29) is 24.6 Å².